The number of nitrogens with one attached hydrogen (secondary N) is 1. The average Bonchev–Trinajstić information content (AvgIpc) is 3.29. The molecule has 3 N–H and O–H groups in total. The third-order valence-corrected chi connectivity index (χ3v) is 4.57. The fourth-order valence-corrected chi connectivity index (χ4v) is 3.09. The van der Waals surface area contributed by atoms with Crippen LogP contribution < -0.4 is 11.1 Å². The van der Waals surface area contributed by atoms with Gasteiger partial charge in [0, 0.05) is 31.1 Å². The SMILES string of the molecule is CC1CCCCN1CCCNc1cc(N)nc(C2CC2)n1. The van der Waals surface area contributed by atoms with Gasteiger partial charge in [-0.2, -0.15) is 0 Å². The number of nitrogens with two attached hydrogens (primary N) is 1. The molecule has 5 nitrogen and oxygen atoms in total. The summed E-state index contributed by atoms with van der Waals surface area (Å²) in [4.78, 5) is 11.5. The van der Waals surface area contributed by atoms with Crippen LogP contribution in [0.1, 0.15) is 57.2 Å². The van der Waals surface area contributed by atoms with E-state index < -0.39 is 0 Å². The van der Waals surface area contributed by atoms with Crippen molar-refractivity contribution in [3.05, 3.63) is 11.9 Å². The van der Waals surface area contributed by atoms with Crippen LogP contribution in [0.15, 0.2) is 6.07 Å². The number of hydrogen-bond acceptors (Lipinski definition) is 5. The van der Waals surface area contributed by atoms with Crippen molar-refractivity contribution in [3.63, 3.8) is 0 Å². The van der Waals surface area contributed by atoms with Crippen molar-refractivity contribution in [1.82, 2.24) is 14.9 Å². The number of nitrogens with zero attached hydrogens (tertiary/aromatic N) is 3. The molecule has 2 fully saturated rings. The van der Waals surface area contributed by atoms with Gasteiger partial charge in [0.2, 0.25) is 0 Å². The van der Waals surface area contributed by atoms with Gasteiger partial charge in [-0.1, -0.05) is 6.42 Å². The molecule has 1 unspecified atom stereocenters. The van der Waals surface area contributed by atoms with Crippen molar-refractivity contribution in [2.24, 2.45) is 0 Å². The van der Waals surface area contributed by atoms with Crippen molar-refractivity contribution < 1.29 is 0 Å². The van der Waals surface area contributed by atoms with Crippen molar-refractivity contribution in [1.29, 1.82) is 0 Å². The third kappa shape index (κ3) is 4.06. The Balaban J connectivity index is 1.44. The van der Waals surface area contributed by atoms with Gasteiger partial charge in [0.1, 0.15) is 17.5 Å². The molecule has 2 aliphatic rings. The molecule has 116 valence electrons. The lowest BCUT2D eigenvalue weighted by Crippen LogP contribution is -2.38. The van der Waals surface area contributed by atoms with E-state index in [0.29, 0.717) is 11.7 Å². The first kappa shape index (κ1) is 14.6. The lowest BCUT2D eigenvalue weighted by Gasteiger charge is -2.33. The van der Waals surface area contributed by atoms with E-state index in [0.717, 1.165) is 30.6 Å². The summed E-state index contributed by atoms with van der Waals surface area (Å²) in [7, 11) is 0. The standard InChI is InChI=1S/C16H27N5/c1-12-5-2-3-9-21(12)10-4-8-18-15-11-14(17)19-16(20-15)13-6-7-13/h11-13H,2-10H2,1H3,(H3,17,18,19,20). The third-order valence-electron chi connectivity index (χ3n) is 4.57. The monoisotopic (exact) mass is 289 g/mol. The van der Waals surface area contributed by atoms with E-state index in [1.165, 1.54) is 45.2 Å². The Morgan fingerprint density at radius 1 is 1.29 bits per heavy atom. The maximum Gasteiger partial charge on any atom is 0.136 e. The first-order chi connectivity index (χ1) is 10.2. The molecule has 1 saturated carbocycles. The second-order valence-electron chi connectivity index (χ2n) is 6.47. The molecule has 0 aromatic carbocycles. The molecule has 1 aliphatic heterocycles. The summed E-state index contributed by atoms with van der Waals surface area (Å²) in [5.74, 6) is 2.93. The molecular formula is C16H27N5. The van der Waals surface area contributed by atoms with E-state index >= 15 is 0 Å². The van der Waals surface area contributed by atoms with Crippen molar-refractivity contribution in [2.75, 3.05) is 30.7 Å². The highest BCUT2D eigenvalue weighted by Gasteiger charge is 2.27. The summed E-state index contributed by atoms with van der Waals surface area (Å²) in [5.41, 5.74) is 5.86. The van der Waals surface area contributed by atoms with Gasteiger partial charge in [-0.15, -0.1) is 0 Å². The van der Waals surface area contributed by atoms with Crippen LogP contribution in [0.4, 0.5) is 11.6 Å². The lowest BCUT2D eigenvalue weighted by atomic mass is 10.0. The van der Waals surface area contributed by atoms with Gasteiger partial charge in [0.05, 0.1) is 0 Å². The molecule has 5 heteroatoms. The minimum atomic E-state index is 0.545. The highest BCUT2D eigenvalue weighted by atomic mass is 15.2. The van der Waals surface area contributed by atoms with E-state index in [9.17, 15) is 0 Å². The molecule has 1 aromatic heterocycles. The maximum atomic E-state index is 5.86. The van der Waals surface area contributed by atoms with Crippen LogP contribution in [-0.2, 0) is 0 Å². The Morgan fingerprint density at radius 3 is 2.90 bits per heavy atom. The van der Waals surface area contributed by atoms with Crippen LogP contribution in [-0.4, -0.2) is 40.5 Å². The summed E-state index contributed by atoms with van der Waals surface area (Å²) in [6.45, 7) is 5.72. The molecule has 1 atom stereocenters. The lowest BCUT2D eigenvalue weighted by molar-refractivity contribution is 0.160. The molecule has 21 heavy (non-hydrogen) atoms. The fraction of sp³-hybridized carbons (Fsp3) is 0.750. The number of nitrogen functional groups attached to an aromatic ring is 1. The second-order valence-corrected chi connectivity index (χ2v) is 6.47. The summed E-state index contributed by atoms with van der Waals surface area (Å²) < 4.78 is 0. The highest BCUT2D eigenvalue weighted by molar-refractivity contribution is 5.45. The molecule has 2 heterocycles. The number of hydrogen-bond donors (Lipinski definition) is 2. The van der Waals surface area contributed by atoms with Crippen LogP contribution in [0.5, 0.6) is 0 Å². The Bertz CT molecular complexity index is 472. The molecule has 1 aromatic rings. The van der Waals surface area contributed by atoms with Gasteiger partial charge in [0.15, 0.2) is 0 Å². The van der Waals surface area contributed by atoms with Crippen molar-refractivity contribution in [3.8, 4) is 0 Å². The van der Waals surface area contributed by atoms with E-state index in [2.05, 4.69) is 27.1 Å². The number of piperidine rings is 1. The van der Waals surface area contributed by atoms with Crippen LogP contribution in [0.3, 0.4) is 0 Å². The minimum Gasteiger partial charge on any atom is -0.384 e. The van der Waals surface area contributed by atoms with E-state index in [4.69, 9.17) is 5.73 Å². The molecular weight excluding hydrogens is 262 g/mol. The van der Waals surface area contributed by atoms with Crippen molar-refractivity contribution >= 4 is 11.6 Å². The Hall–Kier alpha value is -1.36. The molecule has 1 saturated heterocycles. The minimum absolute atomic E-state index is 0.545. The van der Waals surface area contributed by atoms with Gasteiger partial charge < -0.3 is 16.0 Å². The molecule has 0 radical (unpaired) electrons. The van der Waals surface area contributed by atoms with Gasteiger partial charge in [-0.25, -0.2) is 9.97 Å². The zero-order chi connectivity index (χ0) is 14.7. The van der Waals surface area contributed by atoms with E-state index in [1.807, 2.05) is 6.07 Å². The number of aromatic nitrogens is 2. The first-order valence-electron chi connectivity index (χ1n) is 8.35. The van der Waals surface area contributed by atoms with E-state index in [1.54, 1.807) is 0 Å². The van der Waals surface area contributed by atoms with Gasteiger partial charge >= 0.3 is 0 Å². The molecule has 0 spiro atoms. The van der Waals surface area contributed by atoms with Crippen LogP contribution in [0.25, 0.3) is 0 Å². The Morgan fingerprint density at radius 2 is 2.14 bits per heavy atom. The summed E-state index contributed by atoms with van der Waals surface area (Å²) in [6, 6.07) is 2.59. The maximum absolute atomic E-state index is 5.86. The molecule has 3 rings (SSSR count). The summed E-state index contributed by atoms with van der Waals surface area (Å²) in [5, 5.41) is 3.41. The Labute approximate surface area is 127 Å². The first-order valence-corrected chi connectivity index (χ1v) is 8.35. The molecule has 0 amide bonds. The smallest absolute Gasteiger partial charge is 0.136 e. The van der Waals surface area contributed by atoms with Gasteiger partial charge in [-0.3, -0.25) is 0 Å². The topological polar surface area (TPSA) is 67.1 Å². The Kier molecular flexibility index (Phi) is 4.58. The highest BCUT2D eigenvalue weighted by Crippen LogP contribution is 2.38. The van der Waals surface area contributed by atoms with Crippen LogP contribution in [0, 0.1) is 0 Å². The number of likely N-dealkylation sites (tertiary alicyclic amines) is 1. The van der Waals surface area contributed by atoms with Crippen LogP contribution in [0.2, 0.25) is 0 Å². The zero-order valence-electron chi connectivity index (χ0n) is 13.0. The predicted molar refractivity (Wildman–Crippen MR) is 86.4 cm³/mol. The van der Waals surface area contributed by atoms with Gasteiger partial charge in [-0.05, 0) is 45.6 Å². The number of rotatable bonds is 6. The molecule has 0 bridgehead atoms. The number of anilines is 2. The average molecular weight is 289 g/mol. The quantitative estimate of drug-likeness (QED) is 0.788. The predicted octanol–water partition coefficient (Wildman–Crippen LogP) is 2.61. The molecule has 1 aliphatic carbocycles. The van der Waals surface area contributed by atoms with Crippen LogP contribution >= 0.6 is 0 Å². The fourth-order valence-electron chi connectivity index (χ4n) is 3.09. The normalized spacial score (nSPS) is 23.2. The largest absolute Gasteiger partial charge is 0.384 e. The second kappa shape index (κ2) is 6.60. The summed E-state index contributed by atoms with van der Waals surface area (Å²) in [6.07, 6.45) is 7.64. The van der Waals surface area contributed by atoms with Crippen molar-refractivity contribution in [2.45, 2.75) is 57.4 Å². The zero-order valence-corrected chi connectivity index (χ0v) is 13.0. The van der Waals surface area contributed by atoms with Gasteiger partial charge in [0.25, 0.3) is 0 Å². The summed E-state index contributed by atoms with van der Waals surface area (Å²) >= 11 is 0. The van der Waals surface area contributed by atoms with E-state index in [-0.39, 0.29) is 0 Å².